The topological polar surface area (TPSA) is 63.7 Å². The van der Waals surface area contributed by atoms with Crippen LogP contribution in [0.1, 0.15) is 36.6 Å². The minimum absolute atomic E-state index is 0.0791. The van der Waals surface area contributed by atoms with Crippen molar-refractivity contribution < 1.29 is 14.3 Å². The summed E-state index contributed by atoms with van der Waals surface area (Å²) in [7, 11) is 0. The van der Waals surface area contributed by atoms with Gasteiger partial charge in [0.15, 0.2) is 16.6 Å². The summed E-state index contributed by atoms with van der Waals surface area (Å²) in [5.74, 6) is 1.61. The van der Waals surface area contributed by atoms with Crippen molar-refractivity contribution in [1.82, 2.24) is 9.88 Å². The summed E-state index contributed by atoms with van der Waals surface area (Å²) in [4.78, 5) is 19.2. The van der Waals surface area contributed by atoms with Crippen molar-refractivity contribution in [3.8, 4) is 11.5 Å². The standard InChI is InChI=1S/C19H23N3O3S/c1-13(23)21-19-20-10-16(26-19)11-22-7-3-2-4-15(22)8-14-5-6-17-18(9-14)25-12-24-17/h5-6,9-10,15H,2-4,7-8,11-12H2,1H3,(H,20,21,23). The summed E-state index contributed by atoms with van der Waals surface area (Å²) >= 11 is 1.56. The van der Waals surface area contributed by atoms with Gasteiger partial charge in [0.05, 0.1) is 0 Å². The van der Waals surface area contributed by atoms with E-state index in [4.69, 9.17) is 9.47 Å². The Morgan fingerprint density at radius 1 is 1.35 bits per heavy atom. The van der Waals surface area contributed by atoms with Gasteiger partial charge in [0.1, 0.15) is 0 Å². The van der Waals surface area contributed by atoms with Gasteiger partial charge in [0.2, 0.25) is 12.7 Å². The predicted octanol–water partition coefficient (Wildman–Crippen LogP) is 3.43. The maximum atomic E-state index is 11.2. The van der Waals surface area contributed by atoms with Crippen molar-refractivity contribution in [3.05, 3.63) is 34.8 Å². The molecule has 1 saturated heterocycles. The van der Waals surface area contributed by atoms with Crippen LogP contribution in [-0.2, 0) is 17.8 Å². The first kappa shape index (κ1) is 17.3. The SMILES string of the molecule is CC(=O)Nc1ncc(CN2CCCCC2Cc2ccc3c(c2)OCO3)s1. The number of benzene rings is 1. The summed E-state index contributed by atoms with van der Waals surface area (Å²) in [6.07, 6.45) is 6.59. The van der Waals surface area contributed by atoms with E-state index in [9.17, 15) is 4.79 Å². The van der Waals surface area contributed by atoms with Crippen LogP contribution in [0.2, 0.25) is 0 Å². The van der Waals surface area contributed by atoms with Gasteiger partial charge in [-0.1, -0.05) is 12.5 Å². The molecule has 4 rings (SSSR count). The van der Waals surface area contributed by atoms with Crippen molar-refractivity contribution in [2.24, 2.45) is 0 Å². The average Bonchev–Trinajstić information content (AvgIpc) is 3.25. The molecule has 0 saturated carbocycles. The minimum atomic E-state index is -0.0791. The number of nitrogens with one attached hydrogen (secondary N) is 1. The van der Waals surface area contributed by atoms with E-state index in [0.29, 0.717) is 18.0 Å². The number of thiazole rings is 1. The van der Waals surface area contributed by atoms with Crippen LogP contribution in [0.25, 0.3) is 0 Å². The fraction of sp³-hybridized carbons (Fsp3) is 0.474. The van der Waals surface area contributed by atoms with Crippen LogP contribution in [0.15, 0.2) is 24.4 Å². The molecular formula is C19H23N3O3S. The number of likely N-dealkylation sites (tertiary alicyclic amines) is 1. The molecule has 7 heteroatoms. The molecular weight excluding hydrogens is 350 g/mol. The van der Waals surface area contributed by atoms with Gasteiger partial charge in [-0.05, 0) is 43.5 Å². The smallest absolute Gasteiger partial charge is 0.231 e. The lowest BCUT2D eigenvalue weighted by Gasteiger charge is -2.35. The van der Waals surface area contributed by atoms with Crippen LogP contribution in [0, 0.1) is 0 Å². The third kappa shape index (κ3) is 3.99. The number of hydrogen-bond donors (Lipinski definition) is 1. The van der Waals surface area contributed by atoms with Gasteiger partial charge in [-0.3, -0.25) is 9.69 Å². The fourth-order valence-corrected chi connectivity index (χ4v) is 4.51. The Hall–Kier alpha value is -2.12. The second-order valence-corrected chi connectivity index (χ2v) is 7.94. The minimum Gasteiger partial charge on any atom is -0.454 e. The summed E-state index contributed by atoms with van der Waals surface area (Å²) < 4.78 is 10.9. The molecule has 1 N–H and O–H groups in total. The normalized spacial score (nSPS) is 19.5. The van der Waals surface area contributed by atoms with Crippen LogP contribution in [0.4, 0.5) is 5.13 Å². The van der Waals surface area contributed by atoms with Crippen molar-refractivity contribution in [1.29, 1.82) is 0 Å². The average molecular weight is 373 g/mol. The van der Waals surface area contributed by atoms with E-state index in [-0.39, 0.29) is 5.91 Å². The Kier molecular flexibility index (Phi) is 5.08. The summed E-state index contributed by atoms with van der Waals surface area (Å²) in [5, 5.41) is 3.44. The van der Waals surface area contributed by atoms with Gasteiger partial charge >= 0.3 is 0 Å². The second kappa shape index (κ2) is 7.63. The largest absolute Gasteiger partial charge is 0.454 e. The predicted molar refractivity (Wildman–Crippen MR) is 101 cm³/mol. The molecule has 0 spiro atoms. The highest BCUT2D eigenvalue weighted by Gasteiger charge is 2.24. The zero-order chi connectivity index (χ0) is 17.9. The molecule has 2 aliphatic rings. The van der Waals surface area contributed by atoms with Gasteiger partial charge in [-0.25, -0.2) is 4.98 Å². The Labute approximate surface area is 157 Å². The van der Waals surface area contributed by atoms with Gasteiger partial charge in [0, 0.05) is 30.6 Å². The van der Waals surface area contributed by atoms with Crippen LogP contribution in [-0.4, -0.2) is 35.2 Å². The number of ether oxygens (including phenoxy) is 2. The fourth-order valence-electron chi connectivity index (χ4n) is 3.63. The molecule has 1 atom stereocenters. The summed E-state index contributed by atoms with van der Waals surface area (Å²) in [5.41, 5.74) is 1.29. The highest BCUT2D eigenvalue weighted by Crippen LogP contribution is 2.34. The first-order valence-electron chi connectivity index (χ1n) is 9.02. The van der Waals surface area contributed by atoms with Gasteiger partial charge in [-0.2, -0.15) is 0 Å². The van der Waals surface area contributed by atoms with E-state index in [1.807, 2.05) is 12.3 Å². The van der Waals surface area contributed by atoms with E-state index in [1.54, 1.807) is 11.3 Å². The van der Waals surface area contributed by atoms with Gasteiger partial charge in [0.25, 0.3) is 0 Å². The van der Waals surface area contributed by atoms with Crippen LogP contribution in [0.5, 0.6) is 11.5 Å². The van der Waals surface area contributed by atoms with Crippen molar-refractivity contribution >= 4 is 22.4 Å². The lowest BCUT2D eigenvalue weighted by Crippen LogP contribution is -2.40. The lowest BCUT2D eigenvalue weighted by molar-refractivity contribution is -0.114. The number of piperidine rings is 1. The molecule has 1 amide bonds. The highest BCUT2D eigenvalue weighted by molar-refractivity contribution is 7.15. The van der Waals surface area contributed by atoms with Crippen LogP contribution < -0.4 is 14.8 Å². The molecule has 1 aromatic carbocycles. The quantitative estimate of drug-likeness (QED) is 0.870. The number of aromatic nitrogens is 1. The first-order chi connectivity index (χ1) is 12.7. The molecule has 0 bridgehead atoms. The van der Waals surface area contributed by atoms with E-state index in [2.05, 4.69) is 27.3 Å². The number of fused-ring (bicyclic) bond motifs is 1. The van der Waals surface area contributed by atoms with E-state index in [1.165, 1.54) is 36.6 Å². The first-order valence-corrected chi connectivity index (χ1v) is 9.84. The number of rotatable bonds is 5. The third-order valence-electron chi connectivity index (χ3n) is 4.85. The number of nitrogens with zero attached hydrogens (tertiary/aromatic N) is 2. The number of carbonyl (C=O) groups is 1. The van der Waals surface area contributed by atoms with E-state index in [0.717, 1.165) is 31.0 Å². The zero-order valence-corrected chi connectivity index (χ0v) is 15.7. The number of carbonyl (C=O) groups excluding carboxylic acids is 1. The molecule has 6 nitrogen and oxygen atoms in total. The Bertz CT molecular complexity index is 792. The van der Waals surface area contributed by atoms with Crippen molar-refractivity contribution in [2.45, 2.75) is 45.2 Å². The molecule has 2 aliphatic heterocycles. The van der Waals surface area contributed by atoms with E-state index >= 15 is 0 Å². The molecule has 26 heavy (non-hydrogen) atoms. The molecule has 1 aromatic heterocycles. The van der Waals surface area contributed by atoms with Crippen LogP contribution >= 0.6 is 11.3 Å². The molecule has 2 aromatic rings. The second-order valence-electron chi connectivity index (χ2n) is 6.82. The van der Waals surface area contributed by atoms with Gasteiger partial charge < -0.3 is 14.8 Å². The Balaban J connectivity index is 1.43. The molecule has 0 aliphatic carbocycles. The van der Waals surface area contributed by atoms with Crippen molar-refractivity contribution in [3.63, 3.8) is 0 Å². The Morgan fingerprint density at radius 2 is 2.23 bits per heavy atom. The molecule has 1 unspecified atom stereocenters. The molecule has 138 valence electrons. The summed E-state index contributed by atoms with van der Waals surface area (Å²) in [6.45, 7) is 3.80. The maximum absolute atomic E-state index is 11.2. The highest BCUT2D eigenvalue weighted by atomic mass is 32.1. The summed E-state index contributed by atoms with van der Waals surface area (Å²) in [6, 6.07) is 6.77. The van der Waals surface area contributed by atoms with Crippen LogP contribution in [0.3, 0.4) is 0 Å². The molecule has 0 radical (unpaired) electrons. The maximum Gasteiger partial charge on any atom is 0.231 e. The Morgan fingerprint density at radius 3 is 3.12 bits per heavy atom. The van der Waals surface area contributed by atoms with Gasteiger partial charge in [-0.15, -0.1) is 11.3 Å². The number of anilines is 1. The number of amides is 1. The lowest BCUT2D eigenvalue weighted by atomic mass is 9.95. The van der Waals surface area contributed by atoms with E-state index < -0.39 is 0 Å². The number of hydrogen-bond acceptors (Lipinski definition) is 6. The third-order valence-corrected chi connectivity index (χ3v) is 5.75. The zero-order valence-electron chi connectivity index (χ0n) is 14.9. The molecule has 1 fully saturated rings. The van der Waals surface area contributed by atoms with Crippen molar-refractivity contribution in [2.75, 3.05) is 18.7 Å². The monoisotopic (exact) mass is 373 g/mol. The molecule has 3 heterocycles.